The zero-order valence-corrected chi connectivity index (χ0v) is 16.1. The minimum atomic E-state index is -0.261. The van der Waals surface area contributed by atoms with Crippen LogP contribution < -0.4 is 10.2 Å². The molecule has 0 aliphatic carbocycles. The Morgan fingerprint density at radius 3 is 2.65 bits per heavy atom. The van der Waals surface area contributed by atoms with Gasteiger partial charge >= 0.3 is 0 Å². The summed E-state index contributed by atoms with van der Waals surface area (Å²) in [7, 11) is 1.41. The predicted molar refractivity (Wildman–Crippen MR) is 110 cm³/mol. The highest BCUT2D eigenvalue weighted by Crippen LogP contribution is 2.34. The fraction of sp³-hybridized carbons (Fsp3) is 0.300. The van der Waals surface area contributed by atoms with Crippen LogP contribution in [0, 0.1) is 13.8 Å². The molecule has 6 heteroatoms. The molecule has 134 valence electrons. The highest BCUT2D eigenvalue weighted by molar-refractivity contribution is 7.24. The fourth-order valence-corrected chi connectivity index (χ4v) is 4.21. The van der Waals surface area contributed by atoms with Crippen molar-refractivity contribution in [3.63, 3.8) is 0 Å². The molecule has 1 aromatic heterocycles. The molecule has 2 aromatic carbocycles. The number of rotatable bonds is 6. The molecular formula is C20H21BO4S. The summed E-state index contributed by atoms with van der Waals surface area (Å²) < 4.78 is 12.9. The molecule has 0 spiro atoms. The molecule has 0 saturated heterocycles. The van der Waals surface area contributed by atoms with E-state index in [9.17, 15) is 9.59 Å². The minimum Gasteiger partial charge on any atom is -0.493 e. The third kappa shape index (κ3) is 3.75. The van der Waals surface area contributed by atoms with E-state index in [2.05, 4.69) is 0 Å². The highest BCUT2D eigenvalue weighted by atomic mass is 32.1. The van der Waals surface area contributed by atoms with Crippen LogP contribution in [0.25, 0.3) is 20.2 Å². The second kappa shape index (κ2) is 7.91. The Labute approximate surface area is 157 Å². The molecule has 3 rings (SSSR count). The molecule has 0 amide bonds. The molecular weight excluding hydrogens is 347 g/mol. The van der Waals surface area contributed by atoms with Gasteiger partial charge in [-0.1, -0.05) is 12.1 Å². The second-order valence-electron chi connectivity index (χ2n) is 6.34. The summed E-state index contributed by atoms with van der Waals surface area (Å²) in [6.07, 6.45) is 1.54. The Balaban J connectivity index is 1.87. The quantitative estimate of drug-likeness (QED) is 0.375. The summed E-state index contributed by atoms with van der Waals surface area (Å²) in [5.41, 5.74) is 2.00. The summed E-state index contributed by atoms with van der Waals surface area (Å²) in [5, 5.41) is 1.51. The molecule has 0 unspecified atom stereocenters. The van der Waals surface area contributed by atoms with Crippen molar-refractivity contribution in [2.75, 3.05) is 13.2 Å². The van der Waals surface area contributed by atoms with E-state index < -0.39 is 0 Å². The molecule has 0 aliphatic heterocycles. The van der Waals surface area contributed by atoms with E-state index in [0.717, 1.165) is 49.9 Å². The number of fused-ring (bicyclic) bond motifs is 2. The first-order chi connectivity index (χ1) is 12.5. The lowest BCUT2D eigenvalue weighted by atomic mass is 10.0. The average molecular weight is 368 g/mol. The maximum Gasteiger partial charge on any atom is 0.243 e. The van der Waals surface area contributed by atoms with Crippen LogP contribution in [0.2, 0.25) is 0 Å². The topological polar surface area (TPSA) is 52.6 Å². The maximum absolute atomic E-state index is 13.0. The molecule has 3 aromatic rings. The van der Waals surface area contributed by atoms with Gasteiger partial charge in [-0.05, 0) is 50.5 Å². The van der Waals surface area contributed by atoms with Crippen molar-refractivity contribution in [1.82, 2.24) is 0 Å². The third-order valence-corrected chi connectivity index (χ3v) is 5.66. The smallest absolute Gasteiger partial charge is 0.243 e. The lowest BCUT2D eigenvalue weighted by Crippen LogP contribution is -2.07. The van der Waals surface area contributed by atoms with E-state index in [1.807, 2.05) is 44.2 Å². The molecule has 0 atom stereocenters. The molecule has 0 N–H and O–H groups in total. The van der Waals surface area contributed by atoms with Crippen molar-refractivity contribution in [3.05, 3.63) is 51.7 Å². The Kier molecular flexibility index (Phi) is 5.62. The molecule has 0 aliphatic rings. The van der Waals surface area contributed by atoms with Gasteiger partial charge in [0.25, 0.3) is 0 Å². The van der Waals surface area contributed by atoms with Crippen LogP contribution in [0.1, 0.15) is 24.0 Å². The van der Waals surface area contributed by atoms with Crippen LogP contribution in [0.3, 0.4) is 0 Å². The van der Waals surface area contributed by atoms with Crippen molar-refractivity contribution in [3.8, 4) is 5.75 Å². The van der Waals surface area contributed by atoms with Crippen LogP contribution in [-0.2, 0) is 4.74 Å². The van der Waals surface area contributed by atoms with Gasteiger partial charge in [-0.2, -0.15) is 0 Å². The summed E-state index contributed by atoms with van der Waals surface area (Å²) >= 11 is 1.65. The number of aryl methyl sites for hydroxylation is 2. The SMILES string of the molecule is BC(=O)OCCCCOc1cc(C)c2sc3ccccc3c(=O)c2c1C. The lowest BCUT2D eigenvalue weighted by Gasteiger charge is -2.13. The van der Waals surface area contributed by atoms with E-state index >= 15 is 0 Å². The lowest BCUT2D eigenvalue weighted by molar-refractivity contribution is 0.167. The first-order valence-electron chi connectivity index (χ1n) is 8.71. The molecule has 0 radical (unpaired) electrons. The highest BCUT2D eigenvalue weighted by Gasteiger charge is 2.14. The van der Waals surface area contributed by atoms with Gasteiger partial charge in [0.05, 0.1) is 13.2 Å². The van der Waals surface area contributed by atoms with Gasteiger partial charge in [0.15, 0.2) is 5.43 Å². The number of ether oxygens (including phenoxy) is 2. The van der Waals surface area contributed by atoms with Crippen molar-refractivity contribution in [2.24, 2.45) is 0 Å². The number of carbonyl (C=O) groups excluding carboxylic acids is 1. The van der Waals surface area contributed by atoms with E-state index in [1.165, 1.54) is 7.85 Å². The standard InChI is InChI=1S/C20H21BO4S/c1-12-11-15(24-9-5-6-10-25-20(21)23)13(2)17-18(22)14-7-3-4-8-16(14)26-19(12)17/h3-4,7-8,11H,5-6,9-10,21H2,1-2H3. The largest absolute Gasteiger partial charge is 0.493 e. The molecule has 1 heterocycles. The molecule has 0 bridgehead atoms. The molecule has 26 heavy (non-hydrogen) atoms. The fourth-order valence-electron chi connectivity index (χ4n) is 3.01. The van der Waals surface area contributed by atoms with Crippen molar-refractivity contribution < 1.29 is 14.3 Å². The maximum atomic E-state index is 13.0. The number of unbranched alkanes of at least 4 members (excludes halogenated alkanes) is 1. The average Bonchev–Trinajstić information content (AvgIpc) is 2.61. The second-order valence-corrected chi connectivity index (χ2v) is 7.40. The minimum absolute atomic E-state index is 0.0651. The van der Waals surface area contributed by atoms with Gasteiger partial charge in [-0.25, -0.2) is 0 Å². The van der Waals surface area contributed by atoms with E-state index in [-0.39, 0.29) is 11.3 Å². The summed E-state index contributed by atoms with van der Waals surface area (Å²) in [5.74, 6) is 0.491. The third-order valence-electron chi connectivity index (χ3n) is 4.35. The summed E-state index contributed by atoms with van der Waals surface area (Å²) in [4.78, 5) is 23.7. The zero-order chi connectivity index (χ0) is 18.7. The van der Waals surface area contributed by atoms with Gasteiger partial charge in [0.1, 0.15) is 5.75 Å². The van der Waals surface area contributed by atoms with E-state index in [4.69, 9.17) is 9.47 Å². The van der Waals surface area contributed by atoms with Crippen LogP contribution >= 0.6 is 11.3 Å². The summed E-state index contributed by atoms with van der Waals surface area (Å²) in [6, 6.07) is 9.73. The zero-order valence-electron chi connectivity index (χ0n) is 15.3. The van der Waals surface area contributed by atoms with Crippen LogP contribution in [0.4, 0.5) is 4.79 Å². The Bertz CT molecular complexity index is 1030. The number of carbonyl (C=O) groups is 1. The van der Waals surface area contributed by atoms with Gasteiger partial charge in [0, 0.05) is 25.7 Å². The Morgan fingerprint density at radius 2 is 1.88 bits per heavy atom. The van der Waals surface area contributed by atoms with Crippen molar-refractivity contribution in [2.45, 2.75) is 26.7 Å². The first-order valence-corrected chi connectivity index (χ1v) is 9.52. The normalized spacial score (nSPS) is 11.0. The van der Waals surface area contributed by atoms with Crippen LogP contribution in [0.15, 0.2) is 35.1 Å². The van der Waals surface area contributed by atoms with Gasteiger partial charge in [-0.3, -0.25) is 9.59 Å². The number of hydrogen-bond acceptors (Lipinski definition) is 5. The van der Waals surface area contributed by atoms with Gasteiger partial charge < -0.3 is 9.47 Å². The summed E-state index contributed by atoms with van der Waals surface area (Å²) in [6.45, 7) is 4.89. The molecule has 4 nitrogen and oxygen atoms in total. The Morgan fingerprint density at radius 1 is 1.15 bits per heavy atom. The number of benzene rings is 2. The predicted octanol–water partition coefficient (Wildman–Crippen LogP) is 3.96. The van der Waals surface area contributed by atoms with Crippen molar-refractivity contribution >= 4 is 45.2 Å². The van der Waals surface area contributed by atoms with Crippen LogP contribution in [0.5, 0.6) is 5.75 Å². The Hall–Kier alpha value is -2.34. The molecule has 0 saturated carbocycles. The van der Waals surface area contributed by atoms with Crippen molar-refractivity contribution in [1.29, 1.82) is 0 Å². The van der Waals surface area contributed by atoms with Gasteiger partial charge in [0.2, 0.25) is 13.7 Å². The van der Waals surface area contributed by atoms with Gasteiger partial charge in [-0.15, -0.1) is 11.3 Å². The first kappa shape index (κ1) is 18.5. The van der Waals surface area contributed by atoms with E-state index in [1.54, 1.807) is 11.3 Å². The van der Waals surface area contributed by atoms with Crippen LogP contribution in [-0.4, -0.2) is 26.9 Å². The molecule has 0 fully saturated rings. The monoisotopic (exact) mass is 368 g/mol. The van der Waals surface area contributed by atoms with E-state index in [0.29, 0.717) is 13.2 Å². The number of hydrogen-bond donors (Lipinski definition) is 0.